The van der Waals surface area contributed by atoms with Crippen molar-refractivity contribution in [1.82, 2.24) is 4.90 Å². The van der Waals surface area contributed by atoms with Crippen molar-refractivity contribution in [2.45, 2.75) is 26.2 Å². The summed E-state index contributed by atoms with van der Waals surface area (Å²) >= 11 is 0. The van der Waals surface area contributed by atoms with E-state index in [9.17, 15) is 9.18 Å². The number of benzene rings is 2. The molecule has 4 rings (SSSR count). The first-order valence-electron chi connectivity index (χ1n) is 9.40. The standard InChI is InChI=1S/C22H25FN2O/c1-15-4-3-5-21(16(15)2)24-10-12-25(13-11-24)22(26)20-14-19(20)17-6-8-18(23)9-7-17/h3-9,19-20H,10-14H2,1-2H3. The number of nitrogens with zero attached hydrogens (tertiary/aromatic N) is 2. The molecule has 0 N–H and O–H groups in total. The molecule has 136 valence electrons. The Bertz CT molecular complexity index is 809. The van der Waals surface area contributed by atoms with E-state index < -0.39 is 0 Å². The molecule has 2 atom stereocenters. The highest BCUT2D eigenvalue weighted by atomic mass is 19.1. The lowest BCUT2D eigenvalue weighted by molar-refractivity contribution is -0.132. The Morgan fingerprint density at radius 2 is 1.69 bits per heavy atom. The summed E-state index contributed by atoms with van der Waals surface area (Å²) in [6.07, 6.45) is 0.891. The number of aryl methyl sites for hydroxylation is 1. The second-order valence-electron chi connectivity index (χ2n) is 7.53. The van der Waals surface area contributed by atoms with E-state index in [-0.39, 0.29) is 23.6 Å². The predicted molar refractivity (Wildman–Crippen MR) is 102 cm³/mol. The third-order valence-electron chi connectivity index (χ3n) is 5.91. The second kappa shape index (κ2) is 6.75. The first-order chi connectivity index (χ1) is 12.5. The normalized spacial score (nSPS) is 22.4. The molecule has 2 aliphatic rings. The van der Waals surface area contributed by atoms with E-state index in [0.717, 1.165) is 38.2 Å². The Morgan fingerprint density at radius 1 is 1.00 bits per heavy atom. The number of rotatable bonds is 3. The Balaban J connectivity index is 1.36. The smallest absolute Gasteiger partial charge is 0.226 e. The van der Waals surface area contributed by atoms with Crippen molar-refractivity contribution in [2.75, 3.05) is 31.1 Å². The third-order valence-corrected chi connectivity index (χ3v) is 5.91. The van der Waals surface area contributed by atoms with Crippen LogP contribution < -0.4 is 4.90 Å². The van der Waals surface area contributed by atoms with Crippen LogP contribution in [0.5, 0.6) is 0 Å². The van der Waals surface area contributed by atoms with Gasteiger partial charge in [0.15, 0.2) is 0 Å². The van der Waals surface area contributed by atoms with Crippen LogP contribution in [0.1, 0.15) is 29.0 Å². The number of amides is 1. The van der Waals surface area contributed by atoms with Gasteiger partial charge in [-0.2, -0.15) is 0 Å². The zero-order valence-electron chi connectivity index (χ0n) is 15.4. The van der Waals surface area contributed by atoms with Crippen LogP contribution in [0.2, 0.25) is 0 Å². The van der Waals surface area contributed by atoms with Gasteiger partial charge in [-0.25, -0.2) is 4.39 Å². The Morgan fingerprint density at radius 3 is 2.38 bits per heavy atom. The van der Waals surface area contributed by atoms with E-state index in [1.165, 1.54) is 28.9 Å². The van der Waals surface area contributed by atoms with E-state index in [0.29, 0.717) is 0 Å². The minimum atomic E-state index is -0.222. The molecule has 1 heterocycles. The van der Waals surface area contributed by atoms with Gasteiger partial charge in [-0.15, -0.1) is 0 Å². The van der Waals surface area contributed by atoms with Crippen LogP contribution in [0.4, 0.5) is 10.1 Å². The second-order valence-corrected chi connectivity index (χ2v) is 7.53. The van der Waals surface area contributed by atoms with Gasteiger partial charge in [0, 0.05) is 37.8 Å². The Labute approximate surface area is 154 Å². The monoisotopic (exact) mass is 352 g/mol. The summed E-state index contributed by atoms with van der Waals surface area (Å²) in [5.41, 5.74) is 5.00. The molecular formula is C22H25FN2O. The summed E-state index contributed by atoms with van der Waals surface area (Å²) in [6, 6.07) is 13.0. The molecular weight excluding hydrogens is 327 g/mol. The highest BCUT2D eigenvalue weighted by Crippen LogP contribution is 2.48. The lowest BCUT2D eigenvalue weighted by atomic mass is 10.1. The maximum Gasteiger partial charge on any atom is 0.226 e. The highest BCUT2D eigenvalue weighted by molar-refractivity contribution is 5.83. The van der Waals surface area contributed by atoms with E-state index in [4.69, 9.17) is 0 Å². The highest BCUT2D eigenvalue weighted by Gasteiger charge is 2.46. The van der Waals surface area contributed by atoms with Gasteiger partial charge in [0.25, 0.3) is 0 Å². The summed E-state index contributed by atoms with van der Waals surface area (Å²) in [7, 11) is 0. The van der Waals surface area contributed by atoms with Crippen molar-refractivity contribution in [1.29, 1.82) is 0 Å². The minimum absolute atomic E-state index is 0.0766. The van der Waals surface area contributed by atoms with E-state index in [1.54, 1.807) is 0 Å². The number of hydrogen-bond donors (Lipinski definition) is 0. The van der Waals surface area contributed by atoms with Gasteiger partial charge >= 0.3 is 0 Å². The van der Waals surface area contributed by atoms with Gasteiger partial charge < -0.3 is 9.80 Å². The molecule has 2 fully saturated rings. The largest absolute Gasteiger partial charge is 0.368 e. The minimum Gasteiger partial charge on any atom is -0.368 e. The van der Waals surface area contributed by atoms with Crippen LogP contribution in [0.15, 0.2) is 42.5 Å². The summed E-state index contributed by atoms with van der Waals surface area (Å²) in [5, 5.41) is 0. The molecule has 1 aliphatic heterocycles. The molecule has 0 spiro atoms. The maximum atomic E-state index is 13.1. The first-order valence-corrected chi connectivity index (χ1v) is 9.40. The van der Waals surface area contributed by atoms with E-state index in [2.05, 4.69) is 36.9 Å². The van der Waals surface area contributed by atoms with Gasteiger partial charge in [0.05, 0.1) is 0 Å². The number of carbonyl (C=O) groups excluding carboxylic acids is 1. The van der Waals surface area contributed by atoms with Crippen LogP contribution in [-0.4, -0.2) is 37.0 Å². The van der Waals surface area contributed by atoms with Crippen LogP contribution in [-0.2, 0) is 4.79 Å². The fourth-order valence-electron chi connectivity index (χ4n) is 4.03. The molecule has 1 aliphatic carbocycles. The van der Waals surface area contributed by atoms with Gasteiger partial charge in [-0.3, -0.25) is 4.79 Å². The van der Waals surface area contributed by atoms with Crippen molar-refractivity contribution >= 4 is 11.6 Å². The number of carbonyl (C=O) groups is 1. The maximum absolute atomic E-state index is 13.1. The number of halogens is 1. The number of piperazine rings is 1. The molecule has 1 amide bonds. The van der Waals surface area contributed by atoms with Crippen LogP contribution in [0.25, 0.3) is 0 Å². The summed E-state index contributed by atoms with van der Waals surface area (Å²) < 4.78 is 13.1. The van der Waals surface area contributed by atoms with E-state index >= 15 is 0 Å². The summed E-state index contributed by atoms with van der Waals surface area (Å²) in [6.45, 7) is 7.62. The molecule has 26 heavy (non-hydrogen) atoms. The van der Waals surface area contributed by atoms with Crippen LogP contribution >= 0.6 is 0 Å². The lowest BCUT2D eigenvalue weighted by Crippen LogP contribution is -2.49. The Hall–Kier alpha value is -2.36. The molecule has 1 saturated carbocycles. The predicted octanol–water partition coefficient (Wildman–Crippen LogP) is 3.89. The first kappa shape index (κ1) is 17.1. The molecule has 0 bridgehead atoms. The molecule has 2 aromatic rings. The molecule has 0 radical (unpaired) electrons. The topological polar surface area (TPSA) is 23.6 Å². The quantitative estimate of drug-likeness (QED) is 0.837. The average molecular weight is 352 g/mol. The molecule has 2 aromatic carbocycles. The third kappa shape index (κ3) is 3.20. The molecule has 3 nitrogen and oxygen atoms in total. The van der Waals surface area contributed by atoms with Crippen molar-refractivity contribution in [3.63, 3.8) is 0 Å². The Kier molecular flexibility index (Phi) is 4.43. The average Bonchev–Trinajstić information content (AvgIpc) is 3.45. The van der Waals surface area contributed by atoms with Crippen molar-refractivity contribution in [3.05, 3.63) is 65.0 Å². The molecule has 2 unspecified atom stereocenters. The van der Waals surface area contributed by atoms with Gasteiger partial charge in [-0.05, 0) is 61.1 Å². The molecule has 4 heteroatoms. The zero-order valence-corrected chi connectivity index (χ0v) is 15.4. The SMILES string of the molecule is Cc1cccc(N2CCN(C(=O)C3CC3c3ccc(F)cc3)CC2)c1C. The fourth-order valence-corrected chi connectivity index (χ4v) is 4.03. The molecule has 1 saturated heterocycles. The fraction of sp³-hybridized carbons (Fsp3) is 0.409. The summed E-state index contributed by atoms with van der Waals surface area (Å²) in [5.74, 6) is 0.382. The van der Waals surface area contributed by atoms with Crippen LogP contribution in [0, 0.1) is 25.6 Å². The van der Waals surface area contributed by atoms with Gasteiger partial charge in [0.2, 0.25) is 5.91 Å². The van der Waals surface area contributed by atoms with Crippen LogP contribution in [0.3, 0.4) is 0 Å². The molecule has 0 aromatic heterocycles. The van der Waals surface area contributed by atoms with Crippen molar-refractivity contribution in [2.24, 2.45) is 5.92 Å². The number of hydrogen-bond acceptors (Lipinski definition) is 2. The van der Waals surface area contributed by atoms with Gasteiger partial charge in [0.1, 0.15) is 5.82 Å². The summed E-state index contributed by atoms with van der Waals surface area (Å²) in [4.78, 5) is 17.2. The lowest BCUT2D eigenvalue weighted by Gasteiger charge is -2.37. The van der Waals surface area contributed by atoms with Crippen molar-refractivity contribution in [3.8, 4) is 0 Å². The van der Waals surface area contributed by atoms with Crippen molar-refractivity contribution < 1.29 is 9.18 Å². The van der Waals surface area contributed by atoms with E-state index in [1.807, 2.05) is 17.0 Å². The van der Waals surface area contributed by atoms with Gasteiger partial charge in [-0.1, -0.05) is 24.3 Å². The zero-order chi connectivity index (χ0) is 18.3. The number of anilines is 1.